The summed E-state index contributed by atoms with van der Waals surface area (Å²) < 4.78 is 0. The third-order valence-corrected chi connectivity index (χ3v) is 5.20. The fraction of sp³-hybridized carbons (Fsp3) is 0.611. The summed E-state index contributed by atoms with van der Waals surface area (Å²) in [6, 6.07) is 8.78. The molecule has 126 valence electrons. The van der Waals surface area contributed by atoms with Gasteiger partial charge in [-0.25, -0.2) is 0 Å². The van der Waals surface area contributed by atoms with E-state index in [4.69, 9.17) is 11.6 Å². The van der Waals surface area contributed by atoms with Gasteiger partial charge in [-0.2, -0.15) is 0 Å². The van der Waals surface area contributed by atoms with E-state index in [1.54, 1.807) is 0 Å². The lowest BCUT2D eigenvalue weighted by molar-refractivity contribution is -0.127. The average molecular weight is 336 g/mol. The maximum atomic E-state index is 12.2. The Bertz CT molecular complexity index is 543. The molecule has 0 bridgehead atoms. The Balaban J connectivity index is 1.46. The third kappa shape index (κ3) is 4.69. The maximum absolute atomic E-state index is 12.2. The van der Waals surface area contributed by atoms with E-state index in [0.29, 0.717) is 18.5 Å². The molecule has 1 amide bonds. The molecule has 3 rings (SSSR count). The molecule has 2 aliphatic heterocycles. The maximum Gasteiger partial charge on any atom is 0.224 e. The summed E-state index contributed by atoms with van der Waals surface area (Å²) >= 11 is 6.02. The molecule has 0 saturated carbocycles. The largest absolute Gasteiger partial charge is 0.341 e. The van der Waals surface area contributed by atoms with Crippen molar-refractivity contribution in [2.24, 2.45) is 0 Å². The molecular formula is C18H26ClN3O. The van der Waals surface area contributed by atoms with Crippen LogP contribution in [0.4, 0.5) is 0 Å². The number of nitrogens with zero attached hydrogens (tertiary/aromatic N) is 2. The number of amides is 1. The second-order valence-corrected chi connectivity index (χ2v) is 7.30. The van der Waals surface area contributed by atoms with E-state index in [1.165, 1.54) is 18.4 Å². The van der Waals surface area contributed by atoms with Gasteiger partial charge in [-0.15, -0.1) is 0 Å². The highest BCUT2D eigenvalue weighted by Gasteiger charge is 2.31. The second kappa shape index (κ2) is 7.65. The van der Waals surface area contributed by atoms with E-state index >= 15 is 0 Å². The molecule has 0 unspecified atom stereocenters. The van der Waals surface area contributed by atoms with Gasteiger partial charge in [0.05, 0.1) is 0 Å². The molecule has 1 N–H and O–H groups in total. The molecule has 23 heavy (non-hydrogen) atoms. The van der Waals surface area contributed by atoms with Crippen LogP contribution in [0.2, 0.25) is 5.02 Å². The van der Waals surface area contributed by atoms with Gasteiger partial charge < -0.3 is 15.1 Å². The molecular weight excluding hydrogens is 310 g/mol. The summed E-state index contributed by atoms with van der Waals surface area (Å²) in [6.07, 6.45) is 3.88. The number of rotatable bonds is 5. The van der Waals surface area contributed by atoms with Crippen molar-refractivity contribution in [2.45, 2.75) is 37.8 Å². The molecule has 2 heterocycles. The molecule has 4 nitrogen and oxygen atoms in total. The van der Waals surface area contributed by atoms with Crippen molar-refractivity contribution in [3.05, 3.63) is 34.9 Å². The summed E-state index contributed by atoms with van der Waals surface area (Å²) in [5.74, 6) is 0.275. The van der Waals surface area contributed by atoms with Gasteiger partial charge in [-0.05, 0) is 57.1 Å². The minimum absolute atomic E-state index is 0.275. The van der Waals surface area contributed by atoms with Gasteiger partial charge in [0, 0.05) is 36.6 Å². The number of piperidine rings is 1. The highest BCUT2D eigenvalue weighted by molar-refractivity contribution is 6.30. The predicted molar refractivity (Wildman–Crippen MR) is 93.8 cm³/mol. The number of hydrogen-bond acceptors (Lipinski definition) is 3. The Morgan fingerprint density at radius 1 is 1.26 bits per heavy atom. The SMILES string of the molecule is CN1CCC(N[C@H]2CC(=O)N(CCc3cccc(Cl)c3)C2)CC1. The second-order valence-electron chi connectivity index (χ2n) is 6.86. The van der Waals surface area contributed by atoms with Crippen LogP contribution in [0.15, 0.2) is 24.3 Å². The van der Waals surface area contributed by atoms with Crippen molar-refractivity contribution >= 4 is 17.5 Å². The fourth-order valence-corrected chi connectivity index (χ4v) is 3.78. The number of likely N-dealkylation sites (tertiary alicyclic amines) is 2. The quantitative estimate of drug-likeness (QED) is 0.895. The molecule has 1 aromatic rings. The summed E-state index contributed by atoms with van der Waals surface area (Å²) in [5, 5.41) is 4.46. The molecule has 5 heteroatoms. The molecule has 0 aliphatic carbocycles. The molecule has 2 fully saturated rings. The van der Waals surface area contributed by atoms with Gasteiger partial charge >= 0.3 is 0 Å². The highest BCUT2D eigenvalue weighted by Crippen LogP contribution is 2.17. The zero-order valence-corrected chi connectivity index (χ0v) is 14.6. The van der Waals surface area contributed by atoms with Crippen LogP contribution in [-0.4, -0.2) is 61.0 Å². The number of carbonyl (C=O) groups is 1. The topological polar surface area (TPSA) is 35.6 Å². The summed E-state index contributed by atoms with van der Waals surface area (Å²) in [6.45, 7) is 3.92. The van der Waals surface area contributed by atoms with Gasteiger partial charge in [-0.3, -0.25) is 4.79 Å². The van der Waals surface area contributed by atoms with E-state index < -0.39 is 0 Å². The van der Waals surface area contributed by atoms with Crippen LogP contribution in [0.25, 0.3) is 0 Å². The summed E-state index contributed by atoms with van der Waals surface area (Å²) in [5.41, 5.74) is 1.19. The Morgan fingerprint density at radius 2 is 2.04 bits per heavy atom. The Kier molecular flexibility index (Phi) is 5.57. The number of nitrogens with one attached hydrogen (secondary N) is 1. The van der Waals surface area contributed by atoms with E-state index in [1.807, 2.05) is 23.1 Å². The molecule has 2 aliphatic rings. The van der Waals surface area contributed by atoms with Crippen molar-refractivity contribution in [2.75, 3.05) is 33.2 Å². The highest BCUT2D eigenvalue weighted by atomic mass is 35.5. The van der Waals surface area contributed by atoms with E-state index in [2.05, 4.69) is 23.3 Å². The minimum Gasteiger partial charge on any atom is -0.341 e. The molecule has 0 radical (unpaired) electrons. The van der Waals surface area contributed by atoms with Crippen molar-refractivity contribution < 1.29 is 4.79 Å². The lowest BCUT2D eigenvalue weighted by Gasteiger charge is -2.31. The van der Waals surface area contributed by atoms with E-state index in [-0.39, 0.29) is 5.91 Å². The number of benzene rings is 1. The first-order valence-electron chi connectivity index (χ1n) is 8.57. The molecule has 1 atom stereocenters. The molecule has 2 saturated heterocycles. The van der Waals surface area contributed by atoms with Crippen molar-refractivity contribution in [3.8, 4) is 0 Å². The monoisotopic (exact) mass is 335 g/mol. The number of carbonyl (C=O) groups excluding carboxylic acids is 1. The fourth-order valence-electron chi connectivity index (χ4n) is 3.57. The van der Waals surface area contributed by atoms with Crippen LogP contribution in [-0.2, 0) is 11.2 Å². The molecule has 0 aromatic heterocycles. The lowest BCUT2D eigenvalue weighted by atomic mass is 10.0. The van der Waals surface area contributed by atoms with Crippen LogP contribution >= 0.6 is 11.6 Å². The first-order valence-corrected chi connectivity index (χ1v) is 8.95. The van der Waals surface area contributed by atoms with Crippen LogP contribution in [0.3, 0.4) is 0 Å². The van der Waals surface area contributed by atoms with Gasteiger partial charge in [0.25, 0.3) is 0 Å². The van der Waals surface area contributed by atoms with Crippen molar-refractivity contribution in [3.63, 3.8) is 0 Å². The average Bonchev–Trinajstić information content (AvgIpc) is 2.87. The van der Waals surface area contributed by atoms with Gasteiger partial charge in [0.15, 0.2) is 0 Å². The Hall–Kier alpha value is -1.10. The number of halogens is 1. The van der Waals surface area contributed by atoms with E-state index in [0.717, 1.165) is 37.6 Å². The van der Waals surface area contributed by atoms with Gasteiger partial charge in [0.2, 0.25) is 5.91 Å². The zero-order chi connectivity index (χ0) is 16.2. The normalized spacial score (nSPS) is 23.7. The van der Waals surface area contributed by atoms with Gasteiger partial charge in [-0.1, -0.05) is 23.7 Å². The first kappa shape index (κ1) is 16.7. The zero-order valence-electron chi connectivity index (χ0n) is 13.8. The van der Waals surface area contributed by atoms with E-state index in [9.17, 15) is 4.79 Å². The summed E-state index contributed by atoms with van der Waals surface area (Å²) in [4.78, 5) is 16.6. The molecule has 1 aromatic carbocycles. The van der Waals surface area contributed by atoms with Crippen LogP contribution in [0.1, 0.15) is 24.8 Å². The van der Waals surface area contributed by atoms with Crippen molar-refractivity contribution in [1.82, 2.24) is 15.1 Å². The minimum atomic E-state index is 0.275. The van der Waals surface area contributed by atoms with Crippen LogP contribution in [0, 0.1) is 0 Å². The van der Waals surface area contributed by atoms with Crippen LogP contribution in [0.5, 0.6) is 0 Å². The van der Waals surface area contributed by atoms with Gasteiger partial charge in [0.1, 0.15) is 0 Å². The molecule has 0 spiro atoms. The van der Waals surface area contributed by atoms with Crippen LogP contribution < -0.4 is 5.32 Å². The third-order valence-electron chi connectivity index (χ3n) is 4.96. The Labute approximate surface area is 143 Å². The standard InChI is InChI=1S/C18H26ClN3O/c1-21-8-6-16(7-9-21)20-17-12-18(23)22(13-17)10-5-14-3-2-4-15(19)11-14/h2-4,11,16-17,20H,5-10,12-13H2,1H3/t17-/m0/s1. The predicted octanol–water partition coefficient (Wildman–Crippen LogP) is 2.17. The smallest absolute Gasteiger partial charge is 0.224 e. The Morgan fingerprint density at radius 3 is 2.78 bits per heavy atom. The number of hydrogen-bond donors (Lipinski definition) is 1. The van der Waals surface area contributed by atoms with Crippen molar-refractivity contribution in [1.29, 1.82) is 0 Å². The summed E-state index contributed by atoms with van der Waals surface area (Å²) in [7, 11) is 2.17. The first-order chi connectivity index (χ1) is 11.1. The lowest BCUT2D eigenvalue weighted by Crippen LogP contribution is -2.46.